The molecular weight excluding hydrogens is 370 g/mol. The number of nitrogens with zero attached hydrogens (tertiary/aromatic N) is 2. The molecule has 3 rings (SSSR count). The van der Waals surface area contributed by atoms with Crippen molar-refractivity contribution in [2.24, 2.45) is 0 Å². The van der Waals surface area contributed by atoms with E-state index in [1.807, 2.05) is 12.1 Å². The lowest BCUT2D eigenvalue weighted by molar-refractivity contribution is 0.0827. The van der Waals surface area contributed by atoms with Gasteiger partial charge in [0.05, 0.1) is 0 Å². The van der Waals surface area contributed by atoms with Crippen LogP contribution >= 0.6 is 11.3 Å². The number of hydrogen-bond acceptors (Lipinski definition) is 4. The third kappa shape index (κ3) is 4.46. The Bertz CT molecular complexity index is 991. The van der Waals surface area contributed by atoms with Gasteiger partial charge in [-0.1, -0.05) is 44.2 Å². The van der Waals surface area contributed by atoms with Gasteiger partial charge in [0, 0.05) is 36.3 Å². The van der Waals surface area contributed by atoms with E-state index in [1.165, 1.54) is 21.8 Å². The molecule has 0 unspecified atom stereocenters. The molecule has 0 atom stereocenters. The Morgan fingerprint density at radius 1 is 1.07 bits per heavy atom. The van der Waals surface area contributed by atoms with Crippen molar-refractivity contribution in [3.63, 3.8) is 0 Å². The lowest BCUT2D eigenvalue weighted by Gasteiger charge is -2.11. The fraction of sp³-hybridized carbons (Fsp3) is 0.227. The minimum absolute atomic E-state index is 0.114. The highest BCUT2D eigenvalue weighted by atomic mass is 32.1. The minimum atomic E-state index is -0.296. The third-order valence-corrected chi connectivity index (χ3v) is 5.23. The van der Waals surface area contributed by atoms with Crippen LogP contribution in [0, 0.1) is 0 Å². The molecule has 1 aromatic heterocycles. The molecule has 0 saturated heterocycles. The number of carbonyl (C=O) groups is 2. The molecule has 0 bridgehead atoms. The SMILES string of the molecule is CC(C)c1ccc(-c2nc(C(=O)Nc3cccc(C(=O)N(C)C)c3)cs2)cc1. The number of rotatable bonds is 5. The summed E-state index contributed by atoms with van der Waals surface area (Å²) in [5.74, 6) is 0.0643. The maximum Gasteiger partial charge on any atom is 0.275 e. The maximum atomic E-state index is 12.6. The first kappa shape index (κ1) is 19.8. The van der Waals surface area contributed by atoms with Gasteiger partial charge in [0.15, 0.2) is 0 Å². The molecule has 0 saturated carbocycles. The van der Waals surface area contributed by atoms with Crippen LogP contribution in [0.4, 0.5) is 5.69 Å². The monoisotopic (exact) mass is 393 g/mol. The van der Waals surface area contributed by atoms with Gasteiger partial charge in [-0.25, -0.2) is 4.98 Å². The van der Waals surface area contributed by atoms with E-state index in [-0.39, 0.29) is 11.8 Å². The Hall–Kier alpha value is -2.99. The second-order valence-corrected chi connectivity index (χ2v) is 7.91. The largest absolute Gasteiger partial charge is 0.345 e. The molecule has 5 nitrogen and oxygen atoms in total. The molecule has 1 N–H and O–H groups in total. The number of thiazole rings is 1. The van der Waals surface area contributed by atoms with Crippen molar-refractivity contribution in [1.82, 2.24) is 9.88 Å². The second kappa shape index (κ2) is 8.35. The molecule has 0 spiro atoms. The van der Waals surface area contributed by atoms with Gasteiger partial charge in [0.2, 0.25) is 0 Å². The molecular formula is C22H23N3O2S. The van der Waals surface area contributed by atoms with E-state index >= 15 is 0 Å². The third-order valence-electron chi connectivity index (χ3n) is 4.33. The molecule has 3 aromatic rings. The zero-order valence-corrected chi connectivity index (χ0v) is 17.2. The van der Waals surface area contributed by atoms with Crippen LogP contribution in [0.3, 0.4) is 0 Å². The van der Waals surface area contributed by atoms with Crippen LogP contribution in [0.5, 0.6) is 0 Å². The minimum Gasteiger partial charge on any atom is -0.345 e. The second-order valence-electron chi connectivity index (χ2n) is 7.05. The average molecular weight is 394 g/mol. The van der Waals surface area contributed by atoms with Crippen LogP contribution in [0.25, 0.3) is 10.6 Å². The van der Waals surface area contributed by atoms with Crippen molar-refractivity contribution in [2.75, 3.05) is 19.4 Å². The van der Waals surface area contributed by atoms with E-state index in [2.05, 4.69) is 36.3 Å². The smallest absolute Gasteiger partial charge is 0.275 e. The maximum absolute atomic E-state index is 12.6. The summed E-state index contributed by atoms with van der Waals surface area (Å²) in [5.41, 5.74) is 3.70. The van der Waals surface area contributed by atoms with Gasteiger partial charge < -0.3 is 10.2 Å². The summed E-state index contributed by atoms with van der Waals surface area (Å²) in [6, 6.07) is 15.1. The molecule has 0 aliphatic heterocycles. The molecule has 144 valence electrons. The summed E-state index contributed by atoms with van der Waals surface area (Å²) in [4.78, 5) is 30.6. The zero-order valence-electron chi connectivity index (χ0n) is 16.4. The quantitative estimate of drug-likeness (QED) is 0.671. The predicted octanol–water partition coefficient (Wildman–Crippen LogP) is 4.89. The van der Waals surface area contributed by atoms with Crippen LogP contribution in [0.2, 0.25) is 0 Å². The molecule has 2 amide bonds. The number of nitrogens with one attached hydrogen (secondary N) is 1. The Balaban J connectivity index is 1.74. The standard InChI is InChI=1S/C22H23N3O2S/c1-14(2)15-8-10-16(11-9-15)21-24-19(13-28-21)20(26)23-18-7-5-6-17(12-18)22(27)25(3)4/h5-14H,1-4H3,(H,23,26). The van der Waals surface area contributed by atoms with Crippen molar-refractivity contribution < 1.29 is 9.59 Å². The highest BCUT2D eigenvalue weighted by molar-refractivity contribution is 7.13. The molecule has 1 heterocycles. The van der Waals surface area contributed by atoms with Crippen LogP contribution < -0.4 is 5.32 Å². The van der Waals surface area contributed by atoms with Crippen LogP contribution in [-0.2, 0) is 0 Å². The van der Waals surface area contributed by atoms with Gasteiger partial charge in [-0.15, -0.1) is 11.3 Å². The van der Waals surface area contributed by atoms with Gasteiger partial charge in [-0.2, -0.15) is 0 Å². The van der Waals surface area contributed by atoms with E-state index in [1.54, 1.807) is 43.7 Å². The van der Waals surface area contributed by atoms with E-state index in [0.717, 1.165) is 10.6 Å². The summed E-state index contributed by atoms with van der Waals surface area (Å²) in [6.07, 6.45) is 0. The zero-order chi connectivity index (χ0) is 20.3. The lowest BCUT2D eigenvalue weighted by Crippen LogP contribution is -2.22. The van der Waals surface area contributed by atoms with Crippen LogP contribution in [0.1, 0.15) is 46.2 Å². The van der Waals surface area contributed by atoms with Crippen LogP contribution in [-0.4, -0.2) is 35.8 Å². The highest BCUT2D eigenvalue weighted by Gasteiger charge is 2.14. The molecule has 28 heavy (non-hydrogen) atoms. The number of benzene rings is 2. The highest BCUT2D eigenvalue weighted by Crippen LogP contribution is 2.26. The summed E-state index contributed by atoms with van der Waals surface area (Å²) in [6.45, 7) is 4.31. The summed E-state index contributed by atoms with van der Waals surface area (Å²) < 4.78 is 0. The normalized spacial score (nSPS) is 10.8. The number of carbonyl (C=O) groups excluding carboxylic acids is 2. The summed E-state index contributed by atoms with van der Waals surface area (Å²) >= 11 is 1.44. The van der Waals surface area contributed by atoms with Crippen LogP contribution in [0.15, 0.2) is 53.9 Å². The van der Waals surface area contributed by atoms with Gasteiger partial charge >= 0.3 is 0 Å². The van der Waals surface area contributed by atoms with Crippen molar-refractivity contribution >= 4 is 28.8 Å². The van der Waals surface area contributed by atoms with E-state index in [4.69, 9.17) is 0 Å². The molecule has 0 fully saturated rings. The van der Waals surface area contributed by atoms with E-state index in [0.29, 0.717) is 22.9 Å². The van der Waals surface area contributed by atoms with Gasteiger partial charge in [-0.05, 0) is 29.7 Å². The Kier molecular flexibility index (Phi) is 5.90. The van der Waals surface area contributed by atoms with Crippen molar-refractivity contribution in [3.05, 3.63) is 70.7 Å². The number of aromatic nitrogens is 1. The summed E-state index contributed by atoms with van der Waals surface area (Å²) in [5, 5.41) is 5.36. The first-order valence-corrected chi connectivity index (χ1v) is 9.92. The summed E-state index contributed by atoms with van der Waals surface area (Å²) in [7, 11) is 3.39. The predicted molar refractivity (Wildman–Crippen MR) is 114 cm³/mol. The molecule has 0 aliphatic carbocycles. The fourth-order valence-electron chi connectivity index (χ4n) is 2.70. The van der Waals surface area contributed by atoms with Gasteiger partial charge in [-0.3, -0.25) is 9.59 Å². The fourth-order valence-corrected chi connectivity index (χ4v) is 3.51. The number of anilines is 1. The molecule has 6 heteroatoms. The molecule has 2 aromatic carbocycles. The number of amides is 2. The first-order chi connectivity index (χ1) is 13.3. The average Bonchev–Trinajstić information content (AvgIpc) is 3.18. The van der Waals surface area contributed by atoms with E-state index < -0.39 is 0 Å². The Morgan fingerprint density at radius 2 is 1.79 bits per heavy atom. The van der Waals surface area contributed by atoms with Gasteiger partial charge in [0.25, 0.3) is 11.8 Å². The number of hydrogen-bond donors (Lipinski definition) is 1. The van der Waals surface area contributed by atoms with Crippen molar-refractivity contribution in [3.8, 4) is 10.6 Å². The van der Waals surface area contributed by atoms with Crippen molar-refractivity contribution in [2.45, 2.75) is 19.8 Å². The van der Waals surface area contributed by atoms with E-state index in [9.17, 15) is 9.59 Å². The lowest BCUT2D eigenvalue weighted by atomic mass is 10.0. The Labute approximate surface area is 169 Å². The van der Waals surface area contributed by atoms with Gasteiger partial charge in [0.1, 0.15) is 10.7 Å². The Morgan fingerprint density at radius 3 is 2.43 bits per heavy atom. The molecule has 0 aliphatic rings. The topological polar surface area (TPSA) is 62.3 Å². The molecule has 0 radical (unpaired) electrons. The first-order valence-electron chi connectivity index (χ1n) is 9.04. The van der Waals surface area contributed by atoms with Crippen molar-refractivity contribution in [1.29, 1.82) is 0 Å².